The Labute approximate surface area is 147 Å². The van der Waals surface area contributed by atoms with Crippen LogP contribution < -0.4 is 5.56 Å². The number of nitrogens with zero attached hydrogens (tertiary/aromatic N) is 5. The van der Waals surface area contributed by atoms with Crippen LogP contribution in [0.3, 0.4) is 0 Å². The molecule has 0 spiro atoms. The lowest BCUT2D eigenvalue weighted by Gasteiger charge is -2.14. The van der Waals surface area contributed by atoms with Gasteiger partial charge in [-0.25, -0.2) is 4.98 Å². The van der Waals surface area contributed by atoms with E-state index < -0.39 is 0 Å². The highest BCUT2D eigenvalue weighted by molar-refractivity contribution is 6.27. The molecule has 1 N–H and O–H groups in total. The van der Waals surface area contributed by atoms with E-state index in [4.69, 9.17) is 11.6 Å². The number of fused-ring (bicyclic) bond motifs is 1. The summed E-state index contributed by atoms with van der Waals surface area (Å²) in [4.78, 5) is 36.8. The highest BCUT2D eigenvalue weighted by Crippen LogP contribution is 2.23. The Morgan fingerprint density at radius 2 is 2.28 bits per heavy atom. The van der Waals surface area contributed by atoms with Gasteiger partial charge in [-0.1, -0.05) is 0 Å². The first-order valence-electron chi connectivity index (χ1n) is 7.88. The van der Waals surface area contributed by atoms with E-state index in [9.17, 15) is 9.59 Å². The molecule has 0 saturated carbocycles. The molecule has 1 aliphatic rings. The number of alkyl halides is 1. The molecular weight excluding hydrogens is 344 g/mol. The number of pyridine rings is 1. The molecule has 1 saturated heterocycles. The van der Waals surface area contributed by atoms with Crippen LogP contribution in [0.15, 0.2) is 35.6 Å². The van der Waals surface area contributed by atoms with E-state index in [2.05, 4.69) is 20.1 Å². The minimum absolute atomic E-state index is 0.00659. The van der Waals surface area contributed by atoms with Crippen molar-refractivity contribution in [1.82, 2.24) is 29.6 Å². The van der Waals surface area contributed by atoms with Crippen LogP contribution in [-0.2, 0) is 4.79 Å². The number of rotatable bonds is 3. The largest absolute Gasteiger partial charge is 0.339 e. The molecule has 8 nitrogen and oxygen atoms in total. The number of carbonyl (C=O) groups is 1. The van der Waals surface area contributed by atoms with Crippen LogP contribution in [0.2, 0.25) is 0 Å². The molecule has 3 aromatic heterocycles. The molecule has 25 heavy (non-hydrogen) atoms. The predicted molar refractivity (Wildman–Crippen MR) is 92.3 cm³/mol. The van der Waals surface area contributed by atoms with Gasteiger partial charge in [-0.3, -0.25) is 19.3 Å². The number of H-pyrrole nitrogens is 1. The summed E-state index contributed by atoms with van der Waals surface area (Å²) in [6.07, 6.45) is 7.43. The first-order chi connectivity index (χ1) is 12.2. The summed E-state index contributed by atoms with van der Waals surface area (Å²) in [5.74, 6) is 0.376. The Bertz CT molecular complexity index is 997. The van der Waals surface area contributed by atoms with Gasteiger partial charge in [0.15, 0.2) is 0 Å². The molecule has 3 aromatic rings. The third kappa shape index (κ3) is 2.89. The van der Waals surface area contributed by atoms with Crippen LogP contribution in [-0.4, -0.2) is 54.5 Å². The second-order valence-electron chi connectivity index (χ2n) is 5.93. The van der Waals surface area contributed by atoms with Gasteiger partial charge < -0.3 is 9.88 Å². The van der Waals surface area contributed by atoms with Gasteiger partial charge in [-0.15, -0.1) is 11.6 Å². The molecule has 4 rings (SSSR count). The van der Waals surface area contributed by atoms with Crippen LogP contribution in [0, 0.1) is 0 Å². The molecule has 4 heterocycles. The lowest BCUT2D eigenvalue weighted by Crippen LogP contribution is -2.30. The monoisotopic (exact) mass is 358 g/mol. The van der Waals surface area contributed by atoms with Crippen molar-refractivity contribution in [2.45, 2.75) is 12.5 Å². The summed E-state index contributed by atoms with van der Waals surface area (Å²) in [5, 5.41) is 4.87. The molecule has 9 heteroatoms. The van der Waals surface area contributed by atoms with E-state index in [-0.39, 0.29) is 23.4 Å². The first-order valence-corrected chi connectivity index (χ1v) is 8.41. The molecule has 0 bridgehead atoms. The topological polar surface area (TPSA) is 96.8 Å². The third-order valence-corrected chi connectivity index (χ3v) is 4.62. The Balaban J connectivity index is 1.62. The minimum atomic E-state index is -0.213. The lowest BCUT2D eigenvalue weighted by atomic mass is 10.2. The van der Waals surface area contributed by atoms with E-state index in [0.717, 1.165) is 6.42 Å². The molecule has 128 valence electrons. The molecule has 0 unspecified atom stereocenters. The summed E-state index contributed by atoms with van der Waals surface area (Å²) >= 11 is 5.61. The van der Waals surface area contributed by atoms with Gasteiger partial charge in [0.25, 0.3) is 5.56 Å². The van der Waals surface area contributed by atoms with Gasteiger partial charge in [-0.05, 0) is 12.5 Å². The SMILES string of the molecule is O=C(CCl)N1CC[C@H](n2cc(-c3nc4cnccc4c(=O)[nH]3)cn2)C1. The molecule has 0 radical (unpaired) electrons. The number of aromatic nitrogens is 5. The molecule has 1 aliphatic heterocycles. The number of hydrogen-bond acceptors (Lipinski definition) is 5. The zero-order valence-electron chi connectivity index (χ0n) is 13.2. The van der Waals surface area contributed by atoms with Crippen LogP contribution >= 0.6 is 11.6 Å². The molecule has 1 fully saturated rings. The summed E-state index contributed by atoms with van der Waals surface area (Å²) in [6, 6.07) is 1.73. The Morgan fingerprint density at radius 3 is 3.12 bits per heavy atom. The molecule has 1 amide bonds. The molecular formula is C16H15ClN6O2. The summed E-state index contributed by atoms with van der Waals surface area (Å²) in [6.45, 7) is 1.25. The standard InChI is InChI=1S/C16H15ClN6O2/c17-5-14(24)22-4-2-11(9-22)23-8-10(6-19-23)15-20-13-7-18-3-1-12(13)16(25)21-15/h1,3,6-8,11H,2,4-5,9H2,(H,20,21,25)/t11-/m0/s1. The van der Waals surface area contributed by atoms with Crippen molar-refractivity contribution in [3.05, 3.63) is 41.2 Å². The van der Waals surface area contributed by atoms with Crippen molar-refractivity contribution < 1.29 is 4.79 Å². The van der Waals surface area contributed by atoms with E-state index in [1.165, 1.54) is 0 Å². The normalized spacial score (nSPS) is 17.3. The average Bonchev–Trinajstić information content (AvgIpc) is 3.30. The molecule has 0 aromatic carbocycles. The zero-order valence-corrected chi connectivity index (χ0v) is 14.0. The third-order valence-electron chi connectivity index (χ3n) is 4.39. The first kappa shape index (κ1) is 15.8. The Hall–Kier alpha value is -2.74. The Kier molecular flexibility index (Phi) is 3.96. The quantitative estimate of drug-likeness (QED) is 0.709. The second kappa shape index (κ2) is 6.29. The maximum absolute atomic E-state index is 12.2. The van der Waals surface area contributed by atoms with E-state index in [1.807, 2.05) is 10.9 Å². The van der Waals surface area contributed by atoms with Gasteiger partial charge in [0, 0.05) is 25.5 Å². The van der Waals surface area contributed by atoms with Crippen molar-refractivity contribution in [2.75, 3.05) is 19.0 Å². The van der Waals surface area contributed by atoms with Gasteiger partial charge in [0.1, 0.15) is 11.7 Å². The summed E-state index contributed by atoms with van der Waals surface area (Å²) < 4.78 is 1.81. The van der Waals surface area contributed by atoms with Crippen molar-refractivity contribution in [3.63, 3.8) is 0 Å². The number of aromatic amines is 1. The number of likely N-dealkylation sites (tertiary alicyclic amines) is 1. The van der Waals surface area contributed by atoms with Crippen molar-refractivity contribution in [2.24, 2.45) is 0 Å². The van der Waals surface area contributed by atoms with Gasteiger partial charge >= 0.3 is 0 Å². The zero-order chi connectivity index (χ0) is 17.4. The fourth-order valence-electron chi connectivity index (χ4n) is 3.06. The number of carbonyl (C=O) groups excluding carboxylic acids is 1. The fraction of sp³-hybridized carbons (Fsp3) is 0.312. The summed E-state index contributed by atoms with van der Waals surface area (Å²) in [7, 11) is 0. The van der Waals surface area contributed by atoms with Gasteiger partial charge in [0.2, 0.25) is 5.91 Å². The molecule has 1 atom stereocenters. The number of amides is 1. The van der Waals surface area contributed by atoms with Crippen molar-refractivity contribution >= 4 is 28.4 Å². The average molecular weight is 359 g/mol. The highest BCUT2D eigenvalue weighted by atomic mass is 35.5. The smallest absolute Gasteiger partial charge is 0.259 e. The van der Waals surface area contributed by atoms with Crippen LogP contribution in [0.25, 0.3) is 22.3 Å². The van der Waals surface area contributed by atoms with Gasteiger partial charge in [0.05, 0.1) is 34.9 Å². The fourth-order valence-corrected chi connectivity index (χ4v) is 3.23. The maximum atomic E-state index is 12.2. The minimum Gasteiger partial charge on any atom is -0.339 e. The van der Waals surface area contributed by atoms with Crippen molar-refractivity contribution in [3.8, 4) is 11.4 Å². The number of nitrogens with one attached hydrogen (secondary N) is 1. The van der Waals surface area contributed by atoms with Gasteiger partial charge in [-0.2, -0.15) is 5.10 Å². The second-order valence-corrected chi connectivity index (χ2v) is 6.20. The highest BCUT2D eigenvalue weighted by Gasteiger charge is 2.27. The van der Waals surface area contributed by atoms with Crippen molar-refractivity contribution in [1.29, 1.82) is 0 Å². The predicted octanol–water partition coefficient (Wildman–Crippen LogP) is 1.19. The summed E-state index contributed by atoms with van der Waals surface area (Å²) in [5.41, 5.74) is 1.04. The molecule has 0 aliphatic carbocycles. The number of halogens is 1. The van der Waals surface area contributed by atoms with Crippen LogP contribution in [0.5, 0.6) is 0 Å². The van der Waals surface area contributed by atoms with Crippen LogP contribution in [0.4, 0.5) is 0 Å². The Morgan fingerprint density at radius 1 is 1.40 bits per heavy atom. The van der Waals surface area contributed by atoms with E-state index >= 15 is 0 Å². The maximum Gasteiger partial charge on any atom is 0.259 e. The van der Waals surface area contributed by atoms with E-state index in [0.29, 0.717) is 35.4 Å². The van der Waals surface area contributed by atoms with E-state index in [1.54, 1.807) is 29.6 Å². The van der Waals surface area contributed by atoms with Crippen LogP contribution in [0.1, 0.15) is 12.5 Å². The lowest BCUT2D eigenvalue weighted by molar-refractivity contribution is -0.127. The number of hydrogen-bond donors (Lipinski definition) is 1.